The number of benzene rings is 3. The molecule has 5 nitrogen and oxygen atoms in total. The largest absolute Gasteiger partial charge is 0.497 e. The van der Waals surface area contributed by atoms with Gasteiger partial charge in [-0.3, -0.25) is 4.79 Å². The number of hydrogen-bond acceptors (Lipinski definition) is 5. The van der Waals surface area contributed by atoms with Gasteiger partial charge in [0.15, 0.2) is 0 Å². The fraction of sp³-hybridized carbons (Fsp3) is 0.321. The van der Waals surface area contributed by atoms with E-state index in [2.05, 4.69) is 37.3 Å². The van der Waals surface area contributed by atoms with Gasteiger partial charge in [-0.2, -0.15) is 0 Å². The van der Waals surface area contributed by atoms with Crippen LogP contribution < -0.4 is 14.2 Å². The highest BCUT2D eigenvalue weighted by molar-refractivity contribution is 5.74. The normalized spacial score (nSPS) is 18.3. The second-order valence-corrected chi connectivity index (χ2v) is 8.69. The molecule has 0 aromatic heterocycles. The molecule has 5 rings (SSSR count). The van der Waals surface area contributed by atoms with Crippen LogP contribution in [-0.2, 0) is 16.0 Å². The molecule has 0 spiro atoms. The van der Waals surface area contributed by atoms with Crippen LogP contribution in [0.15, 0.2) is 54.6 Å². The third-order valence-corrected chi connectivity index (χ3v) is 6.73. The van der Waals surface area contributed by atoms with Crippen molar-refractivity contribution >= 4 is 5.97 Å². The predicted octanol–water partition coefficient (Wildman–Crippen LogP) is 5.78. The van der Waals surface area contributed by atoms with Gasteiger partial charge in [0, 0.05) is 17.5 Å². The summed E-state index contributed by atoms with van der Waals surface area (Å²) in [5.41, 5.74) is 7.29. The van der Waals surface area contributed by atoms with E-state index in [1.54, 1.807) is 7.11 Å². The monoisotopic (exact) mass is 444 g/mol. The van der Waals surface area contributed by atoms with Gasteiger partial charge in [-0.1, -0.05) is 30.3 Å². The summed E-state index contributed by atoms with van der Waals surface area (Å²) in [6, 6.07) is 18.6. The minimum absolute atomic E-state index is 0.00353. The Bertz CT molecular complexity index is 1200. The molecular formula is C28H28O5. The van der Waals surface area contributed by atoms with E-state index < -0.39 is 0 Å². The molecule has 5 heteroatoms. The van der Waals surface area contributed by atoms with Gasteiger partial charge >= 0.3 is 5.97 Å². The molecule has 3 aromatic rings. The lowest BCUT2D eigenvalue weighted by atomic mass is 9.93. The fourth-order valence-corrected chi connectivity index (χ4v) is 4.96. The summed E-state index contributed by atoms with van der Waals surface area (Å²) in [5.74, 6) is 2.25. The van der Waals surface area contributed by atoms with E-state index >= 15 is 0 Å². The lowest BCUT2D eigenvalue weighted by Gasteiger charge is -2.17. The predicted molar refractivity (Wildman–Crippen MR) is 126 cm³/mol. The van der Waals surface area contributed by atoms with Crippen molar-refractivity contribution in [3.8, 4) is 28.4 Å². The summed E-state index contributed by atoms with van der Waals surface area (Å²) in [4.78, 5) is 11.7. The maximum Gasteiger partial charge on any atom is 0.306 e. The number of carbonyl (C=O) groups is 1. The van der Waals surface area contributed by atoms with Gasteiger partial charge in [-0.05, 0) is 65.8 Å². The number of methoxy groups -OCH3 is 2. The van der Waals surface area contributed by atoms with Gasteiger partial charge in [0.05, 0.1) is 27.2 Å². The van der Waals surface area contributed by atoms with Crippen molar-refractivity contribution in [2.45, 2.75) is 38.2 Å². The zero-order valence-corrected chi connectivity index (χ0v) is 19.2. The number of ether oxygens (including phenoxy) is 4. The van der Waals surface area contributed by atoms with Gasteiger partial charge in [0.2, 0.25) is 0 Å². The van der Waals surface area contributed by atoms with Crippen LogP contribution in [0.5, 0.6) is 17.2 Å². The average molecular weight is 445 g/mol. The summed E-state index contributed by atoms with van der Waals surface area (Å²) >= 11 is 0. The molecule has 33 heavy (non-hydrogen) atoms. The third-order valence-electron chi connectivity index (χ3n) is 6.73. The Morgan fingerprint density at radius 3 is 2.67 bits per heavy atom. The first kappa shape index (κ1) is 21.4. The molecule has 0 radical (unpaired) electrons. The molecule has 2 aliphatic rings. The van der Waals surface area contributed by atoms with Crippen LogP contribution in [0.3, 0.4) is 0 Å². The van der Waals surface area contributed by atoms with E-state index in [-0.39, 0.29) is 18.0 Å². The Kier molecular flexibility index (Phi) is 5.71. The molecule has 0 bridgehead atoms. The first-order valence-electron chi connectivity index (χ1n) is 11.3. The Labute approximate surface area is 194 Å². The third kappa shape index (κ3) is 4.04. The van der Waals surface area contributed by atoms with Crippen molar-refractivity contribution < 1.29 is 23.7 Å². The fourth-order valence-electron chi connectivity index (χ4n) is 4.96. The molecular weight excluding hydrogens is 416 g/mol. The molecule has 3 aromatic carbocycles. The molecule has 1 aliphatic carbocycles. The first-order chi connectivity index (χ1) is 16.1. The van der Waals surface area contributed by atoms with Gasteiger partial charge in [-0.25, -0.2) is 0 Å². The number of carbonyl (C=O) groups excluding carboxylic acids is 1. The molecule has 1 aliphatic heterocycles. The van der Waals surface area contributed by atoms with Crippen LogP contribution >= 0.6 is 0 Å². The number of rotatable bonds is 6. The van der Waals surface area contributed by atoms with E-state index in [0.29, 0.717) is 13.0 Å². The standard InChI is InChI=1S/C28H28O5/c1-17-7-8-19(30-2)14-25(17)22-5-4-6-24-23(22)11-12-26(24)33-20-9-10-21-18(13-28(29)31-3)16-32-27(21)15-20/h4-10,14-15,18,26H,11-13,16H2,1-3H3. The van der Waals surface area contributed by atoms with Crippen LogP contribution in [0.25, 0.3) is 11.1 Å². The van der Waals surface area contributed by atoms with Gasteiger partial charge < -0.3 is 18.9 Å². The summed E-state index contributed by atoms with van der Waals surface area (Å²) in [6.07, 6.45) is 2.22. The Morgan fingerprint density at radius 2 is 1.85 bits per heavy atom. The smallest absolute Gasteiger partial charge is 0.306 e. The van der Waals surface area contributed by atoms with Gasteiger partial charge in [0.1, 0.15) is 23.4 Å². The molecule has 0 N–H and O–H groups in total. The van der Waals surface area contributed by atoms with Crippen LogP contribution in [0, 0.1) is 6.92 Å². The summed E-state index contributed by atoms with van der Waals surface area (Å²) in [7, 11) is 3.11. The zero-order chi connectivity index (χ0) is 22.9. The molecule has 1 heterocycles. The van der Waals surface area contributed by atoms with E-state index in [1.807, 2.05) is 24.3 Å². The maximum absolute atomic E-state index is 11.7. The molecule has 0 saturated carbocycles. The molecule has 0 saturated heterocycles. The Hall–Kier alpha value is -3.47. The highest BCUT2D eigenvalue weighted by atomic mass is 16.5. The summed E-state index contributed by atoms with van der Waals surface area (Å²) in [5, 5.41) is 0. The number of fused-ring (bicyclic) bond motifs is 2. The van der Waals surface area contributed by atoms with Crippen LogP contribution in [0.2, 0.25) is 0 Å². The van der Waals surface area contributed by atoms with E-state index in [0.717, 1.165) is 35.7 Å². The van der Waals surface area contributed by atoms with Crippen molar-refractivity contribution in [2.75, 3.05) is 20.8 Å². The van der Waals surface area contributed by atoms with Gasteiger partial charge in [0.25, 0.3) is 0 Å². The van der Waals surface area contributed by atoms with Crippen molar-refractivity contribution in [1.29, 1.82) is 0 Å². The highest BCUT2D eigenvalue weighted by Gasteiger charge is 2.30. The Balaban J connectivity index is 1.39. The molecule has 2 atom stereocenters. The SMILES string of the molecule is COC(=O)CC1COc2cc(OC3CCc4c(-c5cc(OC)ccc5C)cccc43)ccc21. The Morgan fingerprint density at radius 1 is 1.00 bits per heavy atom. The second-order valence-electron chi connectivity index (χ2n) is 8.69. The zero-order valence-electron chi connectivity index (χ0n) is 19.2. The van der Waals surface area contributed by atoms with Crippen molar-refractivity contribution in [1.82, 2.24) is 0 Å². The molecule has 0 fully saturated rings. The second kappa shape index (κ2) is 8.81. The lowest BCUT2D eigenvalue weighted by molar-refractivity contribution is -0.141. The first-order valence-corrected chi connectivity index (χ1v) is 11.3. The highest BCUT2D eigenvalue weighted by Crippen LogP contribution is 2.43. The van der Waals surface area contributed by atoms with Crippen LogP contribution in [0.4, 0.5) is 0 Å². The van der Waals surface area contributed by atoms with Crippen molar-refractivity contribution in [2.24, 2.45) is 0 Å². The summed E-state index contributed by atoms with van der Waals surface area (Å²) in [6.45, 7) is 2.62. The average Bonchev–Trinajstić information content (AvgIpc) is 3.43. The number of esters is 1. The minimum Gasteiger partial charge on any atom is -0.497 e. The quantitative estimate of drug-likeness (QED) is 0.452. The van der Waals surface area contributed by atoms with E-state index in [4.69, 9.17) is 18.9 Å². The molecule has 2 unspecified atom stereocenters. The van der Waals surface area contributed by atoms with Crippen LogP contribution in [0.1, 0.15) is 47.1 Å². The molecule has 170 valence electrons. The topological polar surface area (TPSA) is 54.0 Å². The minimum atomic E-state index is -0.221. The lowest BCUT2D eigenvalue weighted by Crippen LogP contribution is -2.09. The maximum atomic E-state index is 11.7. The number of hydrogen-bond donors (Lipinski definition) is 0. The molecule has 0 amide bonds. The van der Waals surface area contributed by atoms with E-state index in [9.17, 15) is 4.79 Å². The van der Waals surface area contributed by atoms with Crippen molar-refractivity contribution in [3.63, 3.8) is 0 Å². The van der Waals surface area contributed by atoms with Crippen LogP contribution in [-0.4, -0.2) is 26.8 Å². The van der Waals surface area contributed by atoms with Crippen molar-refractivity contribution in [3.05, 3.63) is 76.9 Å². The van der Waals surface area contributed by atoms with Gasteiger partial charge in [-0.15, -0.1) is 0 Å². The summed E-state index contributed by atoms with van der Waals surface area (Å²) < 4.78 is 22.5. The number of aryl methyl sites for hydroxylation is 1. The van der Waals surface area contributed by atoms with E-state index in [1.165, 1.54) is 34.9 Å².